The average Bonchev–Trinajstić information content (AvgIpc) is 3.57. The summed E-state index contributed by atoms with van der Waals surface area (Å²) in [5.74, 6) is 7.47. The van der Waals surface area contributed by atoms with Crippen molar-refractivity contribution in [2.45, 2.75) is 56.8 Å². The van der Waals surface area contributed by atoms with Gasteiger partial charge in [-0.05, 0) is 143 Å². The maximum atomic E-state index is 2.58. The van der Waals surface area contributed by atoms with Crippen LogP contribution < -0.4 is 0 Å². The molecule has 5 unspecified atom stereocenters. The highest BCUT2D eigenvalue weighted by molar-refractivity contribution is 6.11. The molecule has 0 N–H and O–H groups in total. The molecule has 1 aromatic heterocycles. The quantitative estimate of drug-likeness (QED) is 0.185. The molecule has 1 heterocycles. The first-order valence-corrected chi connectivity index (χ1v) is 18.9. The van der Waals surface area contributed by atoms with E-state index in [4.69, 9.17) is 0 Å². The first-order chi connectivity index (χ1) is 23.5. The van der Waals surface area contributed by atoms with Crippen LogP contribution in [-0.4, -0.2) is 4.57 Å². The molecule has 5 aromatic carbocycles. The lowest BCUT2D eigenvalue weighted by Crippen LogP contribution is -2.70. The molecule has 14 rings (SSSR count). The van der Waals surface area contributed by atoms with Crippen molar-refractivity contribution in [1.29, 1.82) is 0 Å². The van der Waals surface area contributed by atoms with Gasteiger partial charge in [-0.15, -0.1) is 0 Å². The molecule has 236 valence electrons. The van der Waals surface area contributed by atoms with E-state index in [2.05, 4.69) is 134 Å². The summed E-state index contributed by atoms with van der Waals surface area (Å²) in [6, 6.07) is 45.1. The van der Waals surface area contributed by atoms with Crippen LogP contribution in [0.15, 0.2) is 115 Å². The fourth-order valence-corrected chi connectivity index (χ4v) is 14.1. The van der Waals surface area contributed by atoms with Crippen molar-refractivity contribution in [1.82, 2.24) is 4.57 Å². The van der Waals surface area contributed by atoms with Crippen LogP contribution in [0.5, 0.6) is 0 Å². The van der Waals surface area contributed by atoms with E-state index >= 15 is 0 Å². The van der Waals surface area contributed by atoms with Crippen LogP contribution in [0.3, 0.4) is 0 Å². The highest BCUT2D eigenvalue weighted by Gasteiger charge is 2.71. The molecule has 0 saturated heterocycles. The molecule has 8 bridgehead atoms. The molecule has 7 fully saturated rings. The Morgan fingerprint density at radius 3 is 1.96 bits per heavy atom. The number of hydrogen-bond acceptors (Lipinski definition) is 0. The molecule has 6 aromatic rings. The second-order valence-electron chi connectivity index (χ2n) is 17.3. The molecule has 0 spiro atoms. The topological polar surface area (TPSA) is 4.93 Å². The summed E-state index contributed by atoms with van der Waals surface area (Å²) >= 11 is 0. The third kappa shape index (κ3) is 3.04. The molecule has 0 radical (unpaired) electrons. The minimum Gasteiger partial charge on any atom is -0.309 e. The van der Waals surface area contributed by atoms with Crippen LogP contribution >= 0.6 is 0 Å². The van der Waals surface area contributed by atoms with E-state index in [0.29, 0.717) is 0 Å². The first kappa shape index (κ1) is 26.8. The fraction of sp³-hybridized carbons (Fsp3) is 0.362. The lowest BCUT2D eigenvalue weighted by molar-refractivity contribution is -0.232. The summed E-state index contributed by atoms with van der Waals surface area (Å²) in [6.07, 6.45) is 7.46. The van der Waals surface area contributed by atoms with Gasteiger partial charge in [0, 0.05) is 27.3 Å². The maximum absolute atomic E-state index is 2.58. The summed E-state index contributed by atoms with van der Waals surface area (Å²) in [5, 5.41) is 2.71. The van der Waals surface area contributed by atoms with Crippen molar-refractivity contribution < 1.29 is 0 Å². The van der Waals surface area contributed by atoms with Crippen LogP contribution in [0.2, 0.25) is 0 Å². The normalized spacial score (nSPS) is 34.3. The molecule has 48 heavy (non-hydrogen) atoms. The van der Waals surface area contributed by atoms with Crippen molar-refractivity contribution in [3.05, 3.63) is 138 Å². The molecular weight excluding hydrogens is 579 g/mol. The Hall–Kier alpha value is -4.10. The second kappa shape index (κ2) is 8.92. The molecule has 8 aliphatic rings. The minimum absolute atomic E-state index is 0.00577. The van der Waals surface area contributed by atoms with Crippen molar-refractivity contribution in [3.63, 3.8) is 0 Å². The van der Waals surface area contributed by atoms with Gasteiger partial charge in [-0.3, -0.25) is 0 Å². The molecule has 1 nitrogen and oxygen atoms in total. The van der Waals surface area contributed by atoms with Gasteiger partial charge < -0.3 is 4.57 Å². The maximum Gasteiger partial charge on any atom is 0.0547 e. The number of para-hydroxylation sites is 1. The van der Waals surface area contributed by atoms with Gasteiger partial charge in [0.05, 0.1) is 11.0 Å². The van der Waals surface area contributed by atoms with E-state index in [9.17, 15) is 0 Å². The molecule has 7 saturated carbocycles. The van der Waals surface area contributed by atoms with Gasteiger partial charge in [-0.25, -0.2) is 0 Å². The number of rotatable bonds is 3. The number of nitrogens with zero attached hydrogens (tertiary/aromatic N) is 1. The molecule has 1 heteroatoms. The SMILES string of the molecule is CC1(C)c2ccccc2-c2cc3c(cc21)c1ccccc1n3-c1ccc(C2(c3ccccc3)C3CC4C5CC6CC4C2C(C6)C5C3)cc1. The Kier molecular flexibility index (Phi) is 4.98. The Bertz CT molecular complexity index is 2280. The van der Waals surface area contributed by atoms with Crippen molar-refractivity contribution in [2.75, 3.05) is 0 Å². The van der Waals surface area contributed by atoms with Gasteiger partial charge in [0.2, 0.25) is 0 Å². The minimum atomic E-state index is -0.00577. The third-order valence-corrected chi connectivity index (χ3v) is 15.5. The van der Waals surface area contributed by atoms with E-state index in [0.717, 1.165) is 47.3 Å². The summed E-state index contributed by atoms with van der Waals surface area (Å²) < 4.78 is 2.55. The van der Waals surface area contributed by atoms with Gasteiger partial charge in [0.25, 0.3) is 0 Å². The average molecular weight is 622 g/mol. The number of aromatic nitrogens is 1. The zero-order chi connectivity index (χ0) is 31.5. The van der Waals surface area contributed by atoms with Gasteiger partial charge in [0.1, 0.15) is 0 Å². The highest BCUT2D eigenvalue weighted by Crippen LogP contribution is 2.77. The molecule has 0 amide bonds. The molecule has 8 aliphatic carbocycles. The monoisotopic (exact) mass is 621 g/mol. The number of fused-ring (bicyclic) bond motifs is 6. The van der Waals surface area contributed by atoms with Crippen LogP contribution in [0.25, 0.3) is 38.6 Å². The summed E-state index contributed by atoms with van der Waals surface area (Å²) in [7, 11) is 0. The molecular formula is C47H43N. The lowest BCUT2D eigenvalue weighted by Gasteiger charge is -2.75. The van der Waals surface area contributed by atoms with E-state index < -0.39 is 0 Å². The van der Waals surface area contributed by atoms with Gasteiger partial charge in [-0.2, -0.15) is 0 Å². The Morgan fingerprint density at radius 2 is 1.17 bits per heavy atom. The standard InChI is InChI=1S/C47H43N/c1-46(2)41-14-8-6-12-32(41)37-26-44-38(25-42(37)46)33-13-7-9-15-43(33)48(44)31-18-16-29(17-19-31)47(28-10-4-3-5-11-28)30-23-35-34-20-27-21-39(35)45(47)40(22-27)36(34)24-30/h3-19,25-27,30,34-36,39-40,45H,20-24H2,1-2H3. The predicted molar refractivity (Wildman–Crippen MR) is 197 cm³/mol. The van der Waals surface area contributed by atoms with Crippen LogP contribution in [-0.2, 0) is 10.8 Å². The lowest BCUT2D eigenvalue weighted by atomic mass is 9.29. The van der Waals surface area contributed by atoms with Crippen molar-refractivity contribution in [3.8, 4) is 16.8 Å². The van der Waals surface area contributed by atoms with E-state index in [1.165, 1.54) is 75.4 Å². The second-order valence-corrected chi connectivity index (χ2v) is 17.3. The number of hydrogen-bond donors (Lipinski definition) is 0. The van der Waals surface area contributed by atoms with Crippen LogP contribution in [0.4, 0.5) is 0 Å². The molecule has 5 atom stereocenters. The fourth-order valence-electron chi connectivity index (χ4n) is 14.1. The summed E-state index contributed by atoms with van der Waals surface area (Å²) in [5.41, 5.74) is 12.9. The summed E-state index contributed by atoms with van der Waals surface area (Å²) in [4.78, 5) is 0. The van der Waals surface area contributed by atoms with Crippen molar-refractivity contribution >= 4 is 21.8 Å². The third-order valence-electron chi connectivity index (χ3n) is 15.5. The van der Waals surface area contributed by atoms with Gasteiger partial charge in [0.15, 0.2) is 0 Å². The van der Waals surface area contributed by atoms with Crippen molar-refractivity contribution in [2.24, 2.45) is 47.3 Å². The first-order valence-electron chi connectivity index (χ1n) is 18.9. The highest BCUT2D eigenvalue weighted by atomic mass is 15.0. The summed E-state index contributed by atoms with van der Waals surface area (Å²) in [6.45, 7) is 4.79. The van der Waals surface area contributed by atoms with Crippen LogP contribution in [0, 0.1) is 47.3 Å². The van der Waals surface area contributed by atoms with Crippen LogP contribution in [0.1, 0.15) is 68.2 Å². The van der Waals surface area contributed by atoms with E-state index in [-0.39, 0.29) is 10.8 Å². The Morgan fingerprint density at radius 1 is 0.521 bits per heavy atom. The van der Waals surface area contributed by atoms with Gasteiger partial charge in [-0.1, -0.05) is 98.8 Å². The predicted octanol–water partition coefficient (Wildman–Crippen LogP) is 11.3. The van der Waals surface area contributed by atoms with E-state index in [1.807, 2.05) is 0 Å². The smallest absolute Gasteiger partial charge is 0.0547 e. The number of benzene rings is 5. The van der Waals surface area contributed by atoms with Gasteiger partial charge >= 0.3 is 0 Å². The Balaban J connectivity index is 1.06. The zero-order valence-corrected chi connectivity index (χ0v) is 28.1. The molecule has 0 aliphatic heterocycles. The largest absolute Gasteiger partial charge is 0.309 e. The Labute approximate surface area is 284 Å². The zero-order valence-electron chi connectivity index (χ0n) is 28.1. The van der Waals surface area contributed by atoms with E-state index in [1.54, 1.807) is 17.5 Å².